The molecule has 4 amide bonds. The van der Waals surface area contributed by atoms with Crippen molar-refractivity contribution in [2.24, 2.45) is 0 Å². The quantitative estimate of drug-likeness (QED) is 0.150. The Hall–Kier alpha value is -3.36. The second kappa shape index (κ2) is 18.2. The summed E-state index contributed by atoms with van der Waals surface area (Å²) in [5.74, 6) is -0.167. The number of hydrogen-bond donors (Lipinski definition) is 1. The van der Waals surface area contributed by atoms with Gasteiger partial charge >= 0.3 is 0 Å². The van der Waals surface area contributed by atoms with Crippen LogP contribution in [-0.4, -0.2) is 104 Å². The van der Waals surface area contributed by atoms with Crippen LogP contribution in [-0.2, 0) is 19.2 Å². The number of thioether (sulfide) groups is 2. The van der Waals surface area contributed by atoms with Crippen LogP contribution in [0.4, 0.5) is 0 Å². The molecule has 3 fully saturated rings. The Morgan fingerprint density at radius 1 is 0.700 bits per heavy atom. The summed E-state index contributed by atoms with van der Waals surface area (Å²) in [6.07, 6.45) is 6.82. The predicted molar refractivity (Wildman–Crippen MR) is 211 cm³/mol. The Bertz CT molecular complexity index is 1670. The van der Waals surface area contributed by atoms with Gasteiger partial charge in [-0.3, -0.25) is 33.9 Å². The number of carbonyl (C=O) groups is 4. The Morgan fingerprint density at radius 3 is 1.76 bits per heavy atom. The third-order valence-electron chi connectivity index (χ3n) is 8.81. The molecule has 264 valence electrons. The number of amides is 4. The number of nitrogens with zero attached hydrogens (tertiary/aromatic N) is 4. The third-order valence-corrected chi connectivity index (χ3v) is 11.6. The van der Waals surface area contributed by atoms with E-state index in [0.29, 0.717) is 57.6 Å². The fourth-order valence-corrected chi connectivity index (χ4v) is 8.39. The molecule has 0 unspecified atom stereocenters. The zero-order chi connectivity index (χ0) is 35.6. The van der Waals surface area contributed by atoms with E-state index in [9.17, 15) is 19.2 Å². The van der Waals surface area contributed by atoms with E-state index < -0.39 is 0 Å². The molecule has 1 N–H and O–H groups in total. The highest BCUT2D eigenvalue weighted by atomic mass is 32.2. The molecular weight excluding hydrogens is 707 g/mol. The molecule has 5 rings (SSSR count). The molecule has 0 spiro atoms. The average molecular weight is 750 g/mol. The first-order valence-electron chi connectivity index (χ1n) is 17.0. The van der Waals surface area contributed by atoms with Gasteiger partial charge in [0.15, 0.2) is 0 Å². The van der Waals surface area contributed by atoms with Gasteiger partial charge in [0.2, 0.25) is 11.8 Å². The van der Waals surface area contributed by atoms with Crippen molar-refractivity contribution in [2.45, 2.75) is 46.0 Å². The number of hydrogen-bond acceptors (Lipinski definition) is 9. The van der Waals surface area contributed by atoms with Crippen LogP contribution in [0, 0.1) is 13.8 Å². The van der Waals surface area contributed by atoms with Crippen molar-refractivity contribution in [3.05, 3.63) is 80.6 Å². The topological polar surface area (TPSA) is 93.3 Å². The zero-order valence-electron chi connectivity index (χ0n) is 28.5. The molecule has 3 heterocycles. The third kappa shape index (κ3) is 10.6. The molecular formula is C37H43N5O4S4. The molecule has 13 heteroatoms. The van der Waals surface area contributed by atoms with E-state index in [2.05, 4.69) is 10.2 Å². The second-order valence-electron chi connectivity index (χ2n) is 12.6. The maximum Gasteiger partial charge on any atom is 0.266 e. The van der Waals surface area contributed by atoms with Gasteiger partial charge in [-0.25, -0.2) is 0 Å². The van der Waals surface area contributed by atoms with Crippen molar-refractivity contribution in [3.8, 4) is 0 Å². The van der Waals surface area contributed by atoms with Gasteiger partial charge in [0.25, 0.3) is 11.8 Å². The van der Waals surface area contributed by atoms with Gasteiger partial charge in [-0.15, -0.1) is 0 Å². The minimum Gasteiger partial charge on any atom is -0.355 e. The molecule has 3 aliphatic rings. The average Bonchev–Trinajstić information content (AvgIpc) is 3.52. The Labute approximate surface area is 313 Å². The summed E-state index contributed by atoms with van der Waals surface area (Å²) in [6, 6.07) is 16.0. The number of unbranched alkanes of at least 4 members (excludes halogenated alkanes) is 2. The first kappa shape index (κ1) is 37.9. The lowest BCUT2D eigenvalue weighted by molar-refractivity contribution is -0.133. The highest BCUT2D eigenvalue weighted by Gasteiger charge is 2.33. The summed E-state index contributed by atoms with van der Waals surface area (Å²) < 4.78 is 1.06. The number of thiocarbonyl (C=S) groups is 2. The normalized spacial score (nSPS) is 18.6. The summed E-state index contributed by atoms with van der Waals surface area (Å²) >= 11 is 13.5. The maximum atomic E-state index is 12.9. The first-order chi connectivity index (χ1) is 24.1. The summed E-state index contributed by atoms with van der Waals surface area (Å²) in [5.41, 5.74) is 4.25. The van der Waals surface area contributed by atoms with Gasteiger partial charge in [0.1, 0.15) is 8.64 Å². The van der Waals surface area contributed by atoms with Crippen molar-refractivity contribution in [3.63, 3.8) is 0 Å². The summed E-state index contributed by atoms with van der Waals surface area (Å²) in [7, 11) is 0. The molecule has 0 radical (unpaired) electrons. The van der Waals surface area contributed by atoms with E-state index in [1.54, 1.807) is 4.90 Å². The van der Waals surface area contributed by atoms with Crippen LogP contribution in [0.2, 0.25) is 0 Å². The van der Waals surface area contributed by atoms with Gasteiger partial charge in [-0.05, 0) is 50.0 Å². The van der Waals surface area contributed by atoms with E-state index in [4.69, 9.17) is 24.4 Å². The van der Waals surface area contributed by atoms with Crippen molar-refractivity contribution in [2.75, 3.05) is 52.4 Å². The highest BCUT2D eigenvalue weighted by Crippen LogP contribution is 2.34. The van der Waals surface area contributed by atoms with Crippen LogP contribution in [0.25, 0.3) is 12.2 Å². The van der Waals surface area contributed by atoms with Gasteiger partial charge in [-0.1, -0.05) is 114 Å². The number of benzene rings is 2. The summed E-state index contributed by atoms with van der Waals surface area (Å²) in [5, 5.41) is 2.95. The number of piperazine rings is 1. The van der Waals surface area contributed by atoms with Crippen molar-refractivity contribution in [1.29, 1.82) is 0 Å². The largest absolute Gasteiger partial charge is 0.355 e. The van der Waals surface area contributed by atoms with E-state index >= 15 is 0 Å². The molecule has 2 aromatic rings. The SMILES string of the molecule is Cc1ccc(C=C2SC(=S)N(CCCCCC(=O)N3CCN(CCNC(=O)CCN4C(=O)C(=Cc5ccc(C)cc5)SC4=S)CC3)C2=O)cc1. The van der Waals surface area contributed by atoms with Gasteiger partial charge < -0.3 is 10.2 Å². The van der Waals surface area contributed by atoms with Crippen LogP contribution in [0.3, 0.4) is 0 Å². The van der Waals surface area contributed by atoms with Crippen LogP contribution in [0.1, 0.15) is 54.4 Å². The fraction of sp³-hybridized carbons (Fsp3) is 0.405. The van der Waals surface area contributed by atoms with Crippen molar-refractivity contribution >= 4 is 92.4 Å². The lowest BCUT2D eigenvalue weighted by atomic mass is 10.1. The van der Waals surface area contributed by atoms with Crippen LogP contribution < -0.4 is 5.32 Å². The van der Waals surface area contributed by atoms with Gasteiger partial charge in [0.05, 0.1) is 9.81 Å². The van der Waals surface area contributed by atoms with Gasteiger partial charge in [-0.2, -0.15) is 0 Å². The molecule has 3 aliphatic heterocycles. The highest BCUT2D eigenvalue weighted by molar-refractivity contribution is 8.27. The fourth-order valence-electron chi connectivity index (χ4n) is 5.77. The lowest BCUT2D eigenvalue weighted by Crippen LogP contribution is -2.50. The summed E-state index contributed by atoms with van der Waals surface area (Å²) in [4.78, 5) is 59.7. The van der Waals surface area contributed by atoms with E-state index in [1.807, 2.05) is 79.4 Å². The van der Waals surface area contributed by atoms with Crippen molar-refractivity contribution in [1.82, 2.24) is 24.9 Å². The molecule has 3 saturated heterocycles. The van der Waals surface area contributed by atoms with Crippen LogP contribution in [0.5, 0.6) is 0 Å². The Kier molecular flexibility index (Phi) is 13.8. The second-order valence-corrected chi connectivity index (χ2v) is 16.0. The standard InChI is InChI=1S/C37H43N5O4S4/c1-26-7-11-28(12-8-26)24-30-34(45)41(36(47)49-30)17-5-3-4-6-33(44)40-22-20-39(21-23-40)19-16-38-32(43)15-18-42-35(46)31(50-37(42)48)25-29-13-9-27(2)10-14-29/h7-14,24-25H,3-6,15-23H2,1-2H3,(H,38,43). The minimum atomic E-state index is -0.163. The summed E-state index contributed by atoms with van der Waals surface area (Å²) in [6.45, 7) is 8.92. The molecule has 0 aliphatic carbocycles. The molecule has 0 bridgehead atoms. The maximum absolute atomic E-state index is 12.9. The monoisotopic (exact) mass is 749 g/mol. The molecule has 9 nitrogen and oxygen atoms in total. The van der Waals surface area contributed by atoms with Gasteiger partial charge in [0, 0.05) is 65.2 Å². The number of rotatable bonds is 14. The molecule has 0 saturated carbocycles. The molecule has 0 atom stereocenters. The van der Waals surface area contributed by atoms with E-state index in [0.717, 1.165) is 49.0 Å². The number of carbonyl (C=O) groups excluding carboxylic acids is 4. The smallest absolute Gasteiger partial charge is 0.266 e. The molecule has 50 heavy (non-hydrogen) atoms. The van der Waals surface area contributed by atoms with E-state index in [1.165, 1.54) is 34.0 Å². The number of nitrogens with one attached hydrogen (secondary N) is 1. The van der Waals surface area contributed by atoms with Crippen LogP contribution >= 0.6 is 48.0 Å². The van der Waals surface area contributed by atoms with Crippen LogP contribution in [0.15, 0.2) is 58.3 Å². The predicted octanol–water partition coefficient (Wildman–Crippen LogP) is 5.62. The first-order valence-corrected chi connectivity index (χ1v) is 19.4. The zero-order valence-corrected chi connectivity index (χ0v) is 31.8. The number of aryl methyl sites for hydroxylation is 2. The Balaban J connectivity index is 0.917. The molecule has 2 aromatic carbocycles. The minimum absolute atomic E-state index is 0.0440. The Morgan fingerprint density at radius 2 is 1.22 bits per heavy atom. The lowest BCUT2D eigenvalue weighted by Gasteiger charge is -2.34. The van der Waals surface area contributed by atoms with E-state index in [-0.39, 0.29) is 36.6 Å². The van der Waals surface area contributed by atoms with Crippen molar-refractivity contribution < 1.29 is 19.2 Å². The molecule has 0 aromatic heterocycles.